The summed E-state index contributed by atoms with van der Waals surface area (Å²) < 4.78 is 23.8. The van der Waals surface area contributed by atoms with E-state index in [1.165, 1.54) is 12.7 Å². The zero-order valence-corrected chi connectivity index (χ0v) is 21.8. The Morgan fingerprint density at radius 1 is 1.08 bits per heavy atom. The van der Waals surface area contributed by atoms with Gasteiger partial charge in [0.2, 0.25) is 0 Å². The summed E-state index contributed by atoms with van der Waals surface area (Å²) in [5.74, 6) is 0.772. The van der Waals surface area contributed by atoms with E-state index in [1.54, 1.807) is 35.1 Å². The highest BCUT2D eigenvalue weighted by atomic mass is 19.1. The lowest BCUT2D eigenvalue weighted by molar-refractivity contribution is 0.0321. The number of nitrogens with zero attached hydrogens (tertiary/aromatic N) is 6. The molecule has 0 unspecified atom stereocenters. The maximum atomic E-state index is 15.4. The van der Waals surface area contributed by atoms with Crippen molar-refractivity contribution in [1.29, 1.82) is 0 Å². The van der Waals surface area contributed by atoms with Crippen molar-refractivity contribution in [2.75, 3.05) is 32.6 Å². The first-order chi connectivity index (χ1) is 18.4. The number of fused-ring (bicyclic) bond motifs is 2. The Labute approximate surface area is 220 Å². The largest absolute Gasteiger partial charge is 0.492 e. The Hall–Kier alpha value is -4.11. The number of hydrogen-bond acceptors (Lipinski definition) is 7. The molecule has 9 heteroatoms. The van der Waals surface area contributed by atoms with Gasteiger partial charge in [-0.05, 0) is 68.9 Å². The normalized spacial score (nSPS) is 14.7. The number of aromatic nitrogens is 5. The van der Waals surface area contributed by atoms with Crippen molar-refractivity contribution >= 4 is 33.3 Å². The molecule has 0 bridgehead atoms. The van der Waals surface area contributed by atoms with Gasteiger partial charge in [-0.25, -0.2) is 14.4 Å². The van der Waals surface area contributed by atoms with Crippen LogP contribution in [0.5, 0.6) is 5.75 Å². The first-order valence-electron chi connectivity index (χ1n) is 12.8. The van der Waals surface area contributed by atoms with Gasteiger partial charge in [0.05, 0.1) is 34.9 Å². The number of benzene rings is 2. The van der Waals surface area contributed by atoms with Crippen molar-refractivity contribution in [3.8, 4) is 16.9 Å². The van der Waals surface area contributed by atoms with Gasteiger partial charge in [0.15, 0.2) is 5.82 Å². The van der Waals surface area contributed by atoms with Gasteiger partial charge in [0.1, 0.15) is 17.9 Å². The Bertz CT molecular complexity index is 1630. The molecule has 0 aliphatic heterocycles. The molecule has 5 aromatic rings. The zero-order chi connectivity index (χ0) is 26.3. The third kappa shape index (κ3) is 4.54. The molecule has 0 saturated heterocycles. The summed E-state index contributed by atoms with van der Waals surface area (Å²) in [6, 6.07) is 10.9. The molecule has 0 amide bonds. The summed E-state index contributed by atoms with van der Waals surface area (Å²) in [5.41, 5.74) is 3.64. The van der Waals surface area contributed by atoms with Crippen molar-refractivity contribution < 1.29 is 9.13 Å². The summed E-state index contributed by atoms with van der Waals surface area (Å²) in [5, 5.41) is 8.70. The van der Waals surface area contributed by atoms with Crippen molar-refractivity contribution in [3.05, 3.63) is 67.1 Å². The van der Waals surface area contributed by atoms with Gasteiger partial charge >= 0.3 is 0 Å². The minimum absolute atomic E-state index is 0.112. The van der Waals surface area contributed by atoms with Gasteiger partial charge in [-0.2, -0.15) is 5.10 Å². The average Bonchev–Trinajstić information content (AvgIpc) is 3.33. The second-order valence-corrected chi connectivity index (χ2v) is 10.5. The van der Waals surface area contributed by atoms with Crippen LogP contribution in [0.2, 0.25) is 0 Å². The van der Waals surface area contributed by atoms with Crippen LogP contribution in [0.3, 0.4) is 0 Å². The van der Waals surface area contributed by atoms with Crippen LogP contribution in [0.25, 0.3) is 32.9 Å². The third-order valence-corrected chi connectivity index (χ3v) is 7.31. The molecular weight excluding hydrogens is 481 g/mol. The van der Waals surface area contributed by atoms with E-state index in [2.05, 4.69) is 44.4 Å². The number of pyridine rings is 1. The molecule has 194 valence electrons. The van der Waals surface area contributed by atoms with E-state index in [4.69, 9.17) is 4.74 Å². The highest BCUT2D eigenvalue weighted by Gasteiger charge is 2.38. The molecule has 1 fully saturated rings. The maximum absolute atomic E-state index is 15.4. The molecule has 0 atom stereocenters. The second-order valence-electron chi connectivity index (χ2n) is 10.5. The SMILES string of the molecule is CN(C)CC1(COc2cc(-c3cnn(C)c3)cc3ncnc(Nc4ccc5ncccc5c4F)c23)CCC1. The summed E-state index contributed by atoms with van der Waals surface area (Å²) >= 11 is 0. The summed E-state index contributed by atoms with van der Waals surface area (Å²) in [6.45, 7) is 1.55. The van der Waals surface area contributed by atoms with Gasteiger partial charge in [-0.15, -0.1) is 0 Å². The first-order valence-corrected chi connectivity index (χ1v) is 12.8. The first kappa shape index (κ1) is 24.2. The van der Waals surface area contributed by atoms with Crippen LogP contribution in [0.1, 0.15) is 19.3 Å². The van der Waals surface area contributed by atoms with Crippen LogP contribution in [-0.4, -0.2) is 56.9 Å². The quantitative estimate of drug-likeness (QED) is 0.292. The maximum Gasteiger partial charge on any atom is 0.156 e. The van der Waals surface area contributed by atoms with Gasteiger partial charge in [0.25, 0.3) is 0 Å². The number of aryl methyl sites for hydroxylation is 1. The average molecular weight is 512 g/mol. The van der Waals surface area contributed by atoms with Crippen molar-refractivity contribution in [2.24, 2.45) is 12.5 Å². The molecule has 38 heavy (non-hydrogen) atoms. The third-order valence-electron chi connectivity index (χ3n) is 7.31. The minimum atomic E-state index is -0.379. The number of hydrogen-bond donors (Lipinski definition) is 1. The Balaban J connectivity index is 1.44. The van der Waals surface area contributed by atoms with Crippen LogP contribution in [-0.2, 0) is 7.05 Å². The molecule has 2 aromatic carbocycles. The Morgan fingerprint density at radius 3 is 2.68 bits per heavy atom. The molecule has 3 aromatic heterocycles. The molecule has 6 rings (SSSR count). The molecule has 1 aliphatic rings. The highest BCUT2D eigenvalue weighted by molar-refractivity contribution is 5.99. The van der Waals surface area contributed by atoms with Crippen LogP contribution >= 0.6 is 0 Å². The number of anilines is 2. The molecule has 0 radical (unpaired) electrons. The molecule has 0 spiro atoms. The summed E-state index contributed by atoms with van der Waals surface area (Å²) in [7, 11) is 6.09. The molecule has 1 N–H and O–H groups in total. The predicted octanol–water partition coefficient (Wildman–Crippen LogP) is 5.57. The van der Waals surface area contributed by atoms with E-state index in [0.29, 0.717) is 45.7 Å². The monoisotopic (exact) mass is 511 g/mol. The standard InChI is InChI=1S/C29H30FN7O/c1-36(2)16-29(9-5-10-29)17-38-25-13-19(20-14-34-37(3)15-20)12-24-26(25)28(33-18-32-24)35-23-8-7-22-21(27(23)30)6-4-11-31-22/h4,6-8,11-15,18H,5,9-10,16-17H2,1-3H3,(H,32,33,35). The Morgan fingerprint density at radius 2 is 1.95 bits per heavy atom. The van der Waals surface area contributed by atoms with Crippen molar-refractivity contribution in [3.63, 3.8) is 0 Å². The highest BCUT2D eigenvalue weighted by Crippen LogP contribution is 2.43. The number of halogens is 1. The minimum Gasteiger partial charge on any atom is -0.492 e. The number of rotatable bonds is 8. The van der Waals surface area contributed by atoms with Gasteiger partial charge in [-0.1, -0.05) is 6.42 Å². The Kier molecular flexibility index (Phi) is 6.15. The smallest absolute Gasteiger partial charge is 0.156 e. The fraction of sp³-hybridized carbons (Fsp3) is 0.310. The fourth-order valence-corrected chi connectivity index (χ4v) is 5.37. The van der Waals surface area contributed by atoms with E-state index in [0.717, 1.165) is 30.5 Å². The van der Waals surface area contributed by atoms with Crippen LogP contribution < -0.4 is 10.1 Å². The second kappa shape index (κ2) is 9.64. The van der Waals surface area contributed by atoms with E-state index in [1.807, 2.05) is 31.6 Å². The van der Waals surface area contributed by atoms with Crippen molar-refractivity contribution in [1.82, 2.24) is 29.6 Å². The molecule has 3 heterocycles. The van der Waals surface area contributed by atoms with Crippen LogP contribution in [0, 0.1) is 11.2 Å². The van der Waals surface area contributed by atoms with E-state index < -0.39 is 0 Å². The van der Waals surface area contributed by atoms with E-state index in [9.17, 15) is 0 Å². The van der Waals surface area contributed by atoms with Crippen LogP contribution in [0.15, 0.2) is 61.3 Å². The lowest BCUT2D eigenvalue weighted by Gasteiger charge is -2.43. The predicted molar refractivity (Wildman–Crippen MR) is 147 cm³/mol. The van der Waals surface area contributed by atoms with Gasteiger partial charge < -0.3 is 15.0 Å². The topological polar surface area (TPSA) is 81.0 Å². The summed E-state index contributed by atoms with van der Waals surface area (Å²) in [6.07, 6.45) is 10.4. The zero-order valence-electron chi connectivity index (χ0n) is 21.8. The summed E-state index contributed by atoms with van der Waals surface area (Å²) in [4.78, 5) is 15.5. The number of nitrogens with one attached hydrogen (secondary N) is 1. The lowest BCUT2D eigenvalue weighted by Crippen LogP contribution is -2.44. The molecule has 8 nitrogen and oxygen atoms in total. The molecule has 1 aliphatic carbocycles. The molecule has 1 saturated carbocycles. The lowest BCUT2D eigenvalue weighted by atomic mass is 9.69. The van der Waals surface area contributed by atoms with Gasteiger partial charge in [-0.3, -0.25) is 9.67 Å². The fourth-order valence-electron chi connectivity index (χ4n) is 5.37. The number of ether oxygens (including phenoxy) is 1. The van der Waals surface area contributed by atoms with Crippen LogP contribution in [0.4, 0.5) is 15.9 Å². The van der Waals surface area contributed by atoms with E-state index in [-0.39, 0.29) is 11.2 Å². The van der Waals surface area contributed by atoms with E-state index >= 15 is 4.39 Å². The van der Waals surface area contributed by atoms with Crippen molar-refractivity contribution in [2.45, 2.75) is 19.3 Å². The molecular formula is C29H30FN7O. The van der Waals surface area contributed by atoms with Gasteiger partial charge in [0, 0.05) is 42.4 Å².